The summed E-state index contributed by atoms with van der Waals surface area (Å²) < 4.78 is 0. The molecule has 7 heteroatoms. The van der Waals surface area contributed by atoms with Gasteiger partial charge >= 0.3 is 5.97 Å². The summed E-state index contributed by atoms with van der Waals surface area (Å²) in [4.78, 5) is 23.5. The van der Waals surface area contributed by atoms with E-state index >= 15 is 0 Å². The molecule has 0 unspecified atom stereocenters. The normalized spacial score (nSPS) is 11.1. The van der Waals surface area contributed by atoms with Crippen LogP contribution in [0.4, 0.5) is 11.4 Å². The van der Waals surface area contributed by atoms with Gasteiger partial charge in [0.15, 0.2) is 5.78 Å². The maximum atomic E-state index is 12.9. The van der Waals surface area contributed by atoms with Gasteiger partial charge in [-0.25, -0.2) is 4.79 Å². The molecule has 0 aliphatic heterocycles. The van der Waals surface area contributed by atoms with E-state index in [9.17, 15) is 9.59 Å². The van der Waals surface area contributed by atoms with Crippen molar-refractivity contribution in [3.05, 3.63) is 64.7 Å². The zero-order valence-electron chi connectivity index (χ0n) is 13.6. The summed E-state index contributed by atoms with van der Waals surface area (Å²) in [5.74, 6) is 3.76. The average molecular weight is 338 g/mol. The van der Waals surface area contributed by atoms with E-state index in [2.05, 4.69) is 10.4 Å². The summed E-state index contributed by atoms with van der Waals surface area (Å²) in [5, 5.41) is 14.9. The molecule has 128 valence electrons. The molecule has 0 atom stereocenters. The number of carbonyl (C=O) groups is 2. The van der Waals surface area contributed by atoms with Gasteiger partial charge in [-0.05, 0) is 42.3 Å². The molecule has 0 fully saturated rings. The minimum atomic E-state index is -1.06. The number of para-hydroxylation sites is 1. The number of benzene rings is 2. The van der Waals surface area contributed by atoms with Gasteiger partial charge in [0.05, 0.1) is 5.69 Å². The zero-order valence-corrected chi connectivity index (χ0v) is 13.6. The third kappa shape index (κ3) is 4.03. The molecule has 2 aromatic rings. The Morgan fingerprint density at radius 3 is 2.56 bits per heavy atom. The maximum absolute atomic E-state index is 12.9. The highest BCUT2D eigenvalue weighted by molar-refractivity contribution is 6.16. The fraction of sp³-hybridized carbons (Fsp3) is 0.0556. The highest BCUT2D eigenvalue weighted by atomic mass is 16.4. The van der Waals surface area contributed by atoms with Crippen LogP contribution in [0.2, 0.25) is 0 Å². The number of anilines is 2. The van der Waals surface area contributed by atoms with Gasteiger partial charge < -0.3 is 22.0 Å². The largest absolute Gasteiger partial charge is 0.478 e. The first-order valence-corrected chi connectivity index (χ1v) is 7.37. The summed E-state index contributed by atoms with van der Waals surface area (Å²) in [7, 11) is 0. The molecule has 0 heterocycles. The van der Waals surface area contributed by atoms with Crippen LogP contribution in [0, 0.1) is 6.92 Å². The van der Waals surface area contributed by atoms with Crippen molar-refractivity contribution in [3.63, 3.8) is 0 Å². The minimum Gasteiger partial charge on any atom is -0.478 e. The third-order valence-corrected chi connectivity index (χ3v) is 3.67. The van der Waals surface area contributed by atoms with Crippen molar-refractivity contribution in [3.8, 4) is 0 Å². The number of aliphatic carboxylic acids is 1. The monoisotopic (exact) mass is 338 g/mol. The lowest BCUT2D eigenvalue weighted by molar-refractivity contribution is -0.131. The quantitative estimate of drug-likeness (QED) is 0.121. The number of nitrogens with one attached hydrogen (secondary N) is 1. The molecule has 0 amide bonds. The second-order valence-electron chi connectivity index (χ2n) is 5.21. The molecule has 0 saturated carbocycles. The predicted molar refractivity (Wildman–Crippen MR) is 98.4 cm³/mol. The van der Waals surface area contributed by atoms with Crippen molar-refractivity contribution in [2.45, 2.75) is 6.92 Å². The number of carbonyl (C=O) groups excluding carboxylic acids is 1. The second kappa shape index (κ2) is 7.78. The lowest BCUT2D eigenvalue weighted by Crippen LogP contribution is -2.10. The Hall–Kier alpha value is -3.61. The van der Waals surface area contributed by atoms with E-state index in [1.807, 2.05) is 0 Å². The van der Waals surface area contributed by atoms with Crippen LogP contribution in [0.5, 0.6) is 0 Å². The van der Waals surface area contributed by atoms with Gasteiger partial charge in [0.1, 0.15) is 6.34 Å². The Morgan fingerprint density at radius 2 is 1.88 bits per heavy atom. The smallest absolute Gasteiger partial charge is 0.328 e. The van der Waals surface area contributed by atoms with E-state index < -0.39 is 5.97 Å². The fourth-order valence-corrected chi connectivity index (χ4v) is 2.34. The van der Waals surface area contributed by atoms with Crippen molar-refractivity contribution in [1.82, 2.24) is 0 Å². The molecule has 0 spiro atoms. The molecule has 25 heavy (non-hydrogen) atoms. The number of rotatable bonds is 6. The number of hydrogen-bond acceptors (Lipinski definition) is 5. The van der Waals surface area contributed by atoms with Gasteiger partial charge in [-0.15, -0.1) is 0 Å². The van der Waals surface area contributed by atoms with Crippen molar-refractivity contribution < 1.29 is 14.7 Å². The van der Waals surface area contributed by atoms with Crippen LogP contribution in [0.3, 0.4) is 0 Å². The Morgan fingerprint density at radius 1 is 1.16 bits per heavy atom. The summed E-state index contributed by atoms with van der Waals surface area (Å²) in [6.45, 7) is 1.73. The summed E-state index contributed by atoms with van der Waals surface area (Å²) in [5.41, 5.74) is 8.99. The molecule has 0 saturated heterocycles. The van der Waals surface area contributed by atoms with Crippen molar-refractivity contribution in [2.24, 2.45) is 10.9 Å². The number of nitrogens with two attached hydrogens (primary N) is 2. The number of nitrogens with zero attached hydrogens (tertiary/aromatic N) is 1. The van der Waals surface area contributed by atoms with Gasteiger partial charge in [-0.3, -0.25) is 4.79 Å². The molecule has 0 aromatic heterocycles. The first-order chi connectivity index (χ1) is 12.0. The van der Waals surface area contributed by atoms with Gasteiger partial charge in [0.2, 0.25) is 0 Å². The van der Waals surface area contributed by atoms with Crippen LogP contribution in [0.25, 0.3) is 6.08 Å². The van der Waals surface area contributed by atoms with E-state index in [1.165, 1.54) is 12.4 Å². The molecule has 6 N–H and O–H groups in total. The molecule has 2 aromatic carbocycles. The lowest BCUT2D eigenvalue weighted by Gasteiger charge is -2.12. The van der Waals surface area contributed by atoms with Crippen LogP contribution in [0.15, 0.2) is 47.6 Å². The molecular weight excluding hydrogens is 320 g/mol. The van der Waals surface area contributed by atoms with Crippen molar-refractivity contribution >= 4 is 35.5 Å². The van der Waals surface area contributed by atoms with Gasteiger partial charge in [0, 0.05) is 22.9 Å². The number of carboxylic acid groups (broad SMARTS) is 1. The van der Waals surface area contributed by atoms with Crippen LogP contribution in [0.1, 0.15) is 27.0 Å². The topological polar surface area (TPSA) is 131 Å². The first kappa shape index (κ1) is 17.7. The van der Waals surface area contributed by atoms with Crippen molar-refractivity contribution in [1.29, 1.82) is 0 Å². The van der Waals surface area contributed by atoms with Gasteiger partial charge in [0.25, 0.3) is 0 Å². The van der Waals surface area contributed by atoms with Gasteiger partial charge in [-0.1, -0.05) is 18.2 Å². The SMILES string of the molecule is Cc1c(C=CC(=O)O)ccc(C(=O)c2ccccc2NC=NN)c1N. The second-order valence-corrected chi connectivity index (χ2v) is 5.21. The molecule has 7 nitrogen and oxygen atoms in total. The zero-order chi connectivity index (χ0) is 18.4. The number of hydrazone groups is 1. The Balaban J connectivity index is 2.44. The summed E-state index contributed by atoms with van der Waals surface area (Å²) in [6, 6.07) is 10.2. The van der Waals surface area contributed by atoms with Gasteiger partial charge in [-0.2, -0.15) is 5.10 Å². The highest BCUT2D eigenvalue weighted by Gasteiger charge is 2.17. The molecule has 2 rings (SSSR count). The number of hydrogen-bond donors (Lipinski definition) is 4. The number of carboxylic acids is 1. The minimum absolute atomic E-state index is 0.261. The van der Waals surface area contributed by atoms with Crippen molar-refractivity contribution in [2.75, 3.05) is 11.1 Å². The molecule has 0 radical (unpaired) electrons. The molecule has 0 aliphatic carbocycles. The van der Waals surface area contributed by atoms with E-state index in [1.54, 1.807) is 43.3 Å². The molecular formula is C18H18N4O3. The third-order valence-electron chi connectivity index (χ3n) is 3.67. The maximum Gasteiger partial charge on any atom is 0.328 e. The standard InChI is InChI=1S/C18H18N4O3/c1-11-12(7-9-16(23)24)6-8-14(17(11)19)18(25)13-4-2-3-5-15(13)21-10-22-20/h2-10H,19-20H2,1H3,(H,21,22)(H,23,24). The molecule has 0 bridgehead atoms. The van der Waals surface area contributed by atoms with Crippen LogP contribution < -0.4 is 16.9 Å². The van der Waals surface area contributed by atoms with Crippen LogP contribution in [-0.2, 0) is 4.79 Å². The Labute approximate surface area is 144 Å². The van der Waals surface area contributed by atoms with E-state index in [0.29, 0.717) is 33.6 Å². The van der Waals surface area contributed by atoms with E-state index in [4.69, 9.17) is 16.7 Å². The summed E-state index contributed by atoms with van der Waals surface area (Å²) in [6.07, 6.45) is 3.74. The van der Waals surface area contributed by atoms with Crippen LogP contribution in [-0.4, -0.2) is 23.2 Å². The lowest BCUT2D eigenvalue weighted by atomic mass is 9.95. The molecule has 0 aliphatic rings. The first-order valence-electron chi connectivity index (χ1n) is 7.37. The average Bonchev–Trinajstić information content (AvgIpc) is 2.60. The fourth-order valence-electron chi connectivity index (χ4n) is 2.34. The van der Waals surface area contributed by atoms with Crippen LogP contribution >= 0.6 is 0 Å². The number of nitrogen functional groups attached to an aromatic ring is 1. The predicted octanol–water partition coefficient (Wildman–Crippen LogP) is 2.22. The van der Waals surface area contributed by atoms with E-state index in [0.717, 1.165) is 6.08 Å². The summed E-state index contributed by atoms with van der Waals surface area (Å²) >= 11 is 0. The Kier molecular flexibility index (Phi) is 5.52. The Bertz CT molecular complexity index is 873. The highest BCUT2D eigenvalue weighted by Crippen LogP contribution is 2.27. The number of ketones is 1. The van der Waals surface area contributed by atoms with E-state index in [-0.39, 0.29) is 5.78 Å².